The van der Waals surface area contributed by atoms with Gasteiger partial charge in [-0.25, -0.2) is 0 Å². The Morgan fingerprint density at radius 2 is 1.64 bits per heavy atom. The van der Waals surface area contributed by atoms with E-state index in [9.17, 15) is 5.11 Å². The molecule has 84 valence electrons. The highest BCUT2D eigenvalue weighted by Gasteiger charge is 2.22. The summed E-state index contributed by atoms with van der Waals surface area (Å²) in [5.74, 6) is 0.824. The van der Waals surface area contributed by atoms with Gasteiger partial charge in [0.05, 0.1) is 6.10 Å². The van der Waals surface area contributed by atoms with Crippen LogP contribution in [0.3, 0.4) is 0 Å². The number of rotatable bonds is 4. The van der Waals surface area contributed by atoms with Gasteiger partial charge in [-0.1, -0.05) is 19.3 Å². The van der Waals surface area contributed by atoms with Crippen molar-refractivity contribution in [3.05, 3.63) is 0 Å². The minimum atomic E-state index is -0.249. The van der Waals surface area contributed by atoms with Crippen molar-refractivity contribution in [2.24, 2.45) is 5.92 Å². The van der Waals surface area contributed by atoms with Crippen LogP contribution in [0, 0.1) is 5.92 Å². The predicted molar refractivity (Wildman–Crippen MR) is 60.3 cm³/mol. The molecule has 2 N–H and O–H groups in total. The molecule has 0 aromatic rings. The monoisotopic (exact) mass is 199 g/mol. The van der Waals surface area contributed by atoms with Crippen molar-refractivity contribution in [3.8, 4) is 0 Å². The van der Waals surface area contributed by atoms with E-state index in [1.54, 1.807) is 0 Å². The second-order valence-electron chi connectivity index (χ2n) is 4.88. The number of hydrogen-bond acceptors (Lipinski definition) is 2. The molecule has 1 fully saturated rings. The van der Waals surface area contributed by atoms with Crippen LogP contribution < -0.4 is 5.32 Å². The van der Waals surface area contributed by atoms with E-state index in [-0.39, 0.29) is 12.1 Å². The molecular formula is C12H25NO. The van der Waals surface area contributed by atoms with Crippen LogP contribution >= 0.6 is 0 Å². The van der Waals surface area contributed by atoms with E-state index in [2.05, 4.69) is 19.2 Å². The van der Waals surface area contributed by atoms with Crippen molar-refractivity contribution < 1.29 is 5.11 Å². The van der Waals surface area contributed by atoms with Crippen molar-refractivity contribution in [2.75, 3.05) is 0 Å². The second-order valence-corrected chi connectivity index (χ2v) is 4.88. The number of nitrogens with one attached hydrogen (secondary N) is 1. The molecule has 1 aliphatic rings. The van der Waals surface area contributed by atoms with Gasteiger partial charge in [-0.3, -0.25) is 0 Å². The first-order valence-corrected chi connectivity index (χ1v) is 6.05. The van der Waals surface area contributed by atoms with Gasteiger partial charge >= 0.3 is 0 Å². The third-order valence-electron chi connectivity index (χ3n) is 3.61. The van der Waals surface area contributed by atoms with E-state index in [4.69, 9.17) is 0 Å². The van der Waals surface area contributed by atoms with Crippen molar-refractivity contribution in [3.63, 3.8) is 0 Å². The van der Waals surface area contributed by atoms with Gasteiger partial charge < -0.3 is 10.4 Å². The zero-order valence-electron chi connectivity index (χ0n) is 9.79. The summed E-state index contributed by atoms with van der Waals surface area (Å²) >= 11 is 0. The fourth-order valence-corrected chi connectivity index (χ4v) is 2.32. The molecule has 0 aliphatic heterocycles. The van der Waals surface area contributed by atoms with Crippen LogP contribution in [0.4, 0.5) is 0 Å². The maximum Gasteiger partial charge on any atom is 0.0662 e. The van der Waals surface area contributed by atoms with Crippen LogP contribution in [0.2, 0.25) is 0 Å². The van der Waals surface area contributed by atoms with Crippen LogP contribution in [0.1, 0.15) is 52.9 Å². The van der Waals surface area contributed by atoms with E-state index in [1.165, 1.54) is 32.1 Å². The molecule has 2 nitrogen and oxygen atoms in total. The Labute approximate surface area is 88.1 Å². The lowest BCUT2D eigenvalue weighted by molar-refractivity contribution is 0.135. The molecule has 3 unspecified atom stereocenters. The molecule has 0 heterocycles. The Morgan fingerprint density at radius 3 is 2.14 bits per heavy atom. The molecule has 0 bridgehead atoms. The molecular weight excluding hydrogens is 174 g/mol. The van der Waals surface area contributed by atoms with Crippen LogP contribution in [0.15, 0.2) is 0 Å². The lowest BCUT2D eigenvalue weighted by Crippen LogP contribution is -2.44. The summed E-state index contributed by atoms with van der Waals surface area (Å²) in [6.07, 6.45) is 6.66. The first kappa shape index (κ1) is 12.0. The Kier molecular flexibility index (Phi) is 4.90. The Bertz CT molecular complexity index is 152. The van der Waals surface area contributed by atoms with Gasteiger partial charge in [0, 0.05) is 12.1 Å². The molecule has 1 aliphatic carbocycles. The van der Waals surface area contributed by atoms with Gasteiger partial charge in [0.15, 0.2) is 0 Å². The summed E-state index contributed by atoms with van der Waals surface area (Å²) in [5, 5.41) is 12.9. The summed E-state index contributed by atoms with van der Waals surface area (Å²) in [4.78, 5) is 0. The first-order chi connectivity index (χ1) is 6.61. The predicted octanol–water partition coefficient (Wildman–Crippen LogP) is 2.31. The molecule has 0 spiro atoms. The molecule has 0 aromatic carbocycles. The summed E-state index contributed by atoms with van der Waals surface area (Å²) < 4.78 is 0. The average molecular weight is 199 g/mol. The first-order valence-electron chi connectivity index (χ1n) is 6.05. The lowest BCUT2D eigenvalue weighted by Gasteiger charge is -2.31. The SMILES string of the molecule is CC(O)C(C)NC(C)C1CCCCC1. The third kappa shape index (κ3) is 3.58. The topological polar surface area (TPSA) is 32.3 Å². The number of hydrogen-bond donors (Lipinski definition) is 2. The minimum absolute atomic E-state index is 0.215. The van der Waals surface area contributed by atoms with Crippen molar-refractivity contribution in [1.29, 1.82) is 0 Å². The van der Waals surface area contributed by atoms with Gasteiger partial charge in [-0.15, -0.1) is 0 Å². The van der Waals surface area contributed by atoms with Crippen molar-refractivity contribution in [2.45, 2.75) is 71.1 Å². The third-order valence-corrected chi connectivity index (χ3v) is 3.61. The van der Waals surface area contributed by atoms with E-state index >= 15 is 0 Å². The molecule has 3 atom stereocenters. The maximum absolute atomic E-state index is 9.41. The van der Waals surface area contributed by atoms with E-state index < -0.39 is 0 Å². The van der Waals surface area contributed by atoms with Crippen LogP contribution in [-0.4, -0.2) is 23.3 Å². The largest absolute Gasteiger partial charge is 0.392 e. The molecule has 1 saturated carbocycles. The van der Waals surface area contributed by atoms with Crippen LogP contribution in [0.25, 0.3) is 0 Å². The smallest absolute Gasteiger partial charge is 0.0662 e. The molecule has 14 heavy (non-hydrogen) atoms. The Morgan fingerprint density at radius 1 is 1.07 bits per heavy atom. The van der Waals surface area contributed by atoms with Gasteiger partial charge in [0.2, 0.25) is 0 Å². The normalized spacial score (nSPS) is 25.7. The number of aliphatic hydroxyl groups is 1. The van der Waals surface area contributed by atoms with Gasteiger partial charge in [-0.2, -0.15) is 0 Å². The maximum atomic E-state index is 9.41. The fourth-order valence-electron chi connectivity index (χ4n) is 2.32. The zero-order valence-corrected chi connectivity index (χ0v) is 9.79. The average Bonchev–Trinajstić information content (AvgIpc) is 2.19. The molecule has 0 aromatic heterocycles. The Balaban J connectivity index is 2.28. The fraction of sp³-hybridized carbons (Fsp3) is 1.00. The lowest BCUT2D eigenvalue weighted by atomic mass is 9.84. The Hall–Kier alpha value is -0.0800. The van der Waals surface area contributed by atoms with Gasteiger partial charge in [0.1, 0.15) is 0 Å². The quantitative estimate of drug-likeness (QED) is 0.728. The summed E-state index contributed by atoms with van der Waals surface area (Å²) in [5.41, 5.74) is 0. The van der Waals surface area contributed by atoms with E-state index in [1.807, 2.05) is 6.92 Å². The summed E-state index contributed by atoms with van der Waals surface area (Å²) in [7, 11) is 0. The standard InChI is InChI=1S/C12H25NO/c1-9(11(3)14)13-10(2)12-7-5-4-6-8-12/h9-14H,4-8H2,1-3H3. The molecule has 0 amide bonds. The highest BCUT2D eigenvalue weighted by molar-refractivity contribution is 4.79. The molecule has 1 rings (SSSR count). The van der Waals surface area contributed by atoms with Gasteiger partial charge in [0.25, 0.3) is 0 Å². The van der Waals surface area contributed by atoms with Crippen molar-refractivity contribution >= 4 is 0 Å². The molecule has 2 heteroatoms. The molecule has 0 radical (unpaired) electrons. The number of aliphatic hydroxyl groups excluding tert-OH is 1. The van der Waals surface area contributed by atoms with E-state index in [0.717, 1.165) is 5.92 Å². The van der Waals surface area contributed by atoms with Gasteiger partial charge in [-0.05, 0) is 39.5 Å². The zero-order chi connectivity index (χ0) is 10.6. The second kappa shape index (κ2) is 5.72. The highest BCUT2D eigenvalue weighted by atomic mass is 16.3. The molecule has 0 saturated heterocycles. The highest BCUT2D eigenvalue weighted by Crippen LogP contribution is 2.26. The van der Waals surface area contributed by atoms with Crippen molar-refractivity contribution in [1.82, 2.24) is 5.32 Å². The van der Waals surface area contributed by atoms with E-state index in [0.29, 0.717) is 6.04 Å². The minimum Gasteiger partial charge on any atom is -0.392 e. The summed E-state index contributed by atoms with van der Waals surface area (Å²) in [6, 6.07) is 0.770. The van der Waals surface area contributed by atoms with Crippen LogP contribution in [0.5, 0.6) is 0 Å². The summed E-state index contributed by atoms with van der Waals surface area (Å²) in [6.45, 7) is 6.17. The van der Waals surface area contributed by atoms with Crippen LogP contribution in [-0.2, 0) is 0 Å².